The van der Waals surface area contributed by atoms with Crippen LogP contribution in [0.1, 0.15) is 36.5 Å². The lowest BCUT2D eigenvalue weighted by atomic mass is 9.91. The number of ketones is 1. The molecule has 3 nitrogen and oxygen atoms in total. The van der Waals surface area contributed by atoms with Gasteiger partial charge in [-0.05, 0) is 37.3 Å². The second kappa shape index (κ2) is 5.97. The van der Waals surface area contributed by atoms with Crippen molar-refractivity contribution in [2.75, 3.05) is 18.1 Å². The van der Waals surface area contributed by atoms with Gasteiger partial charge in [0.25, 0.3) is 0 Å². The van der Waals surface area contributed by atoms with Crippen LogP contribution in [0.3, 0.4) is 0 Å². The summed E-state index contributed by atoms with van der Waals surface area (Å²) in [5.41, 5.74) is 0.291. The Balaban J connectivity index is 1.70. The Morgan fingerprint density at radius 2 is 2.38 bits per heavy atom. The van der Waals surface area contributed by atoms with E-state index in [4.69, 9.17) is 9.47 Å². The van der Waals surface area contributed by atoms with Crippen LogP contribution < -0.4 is 4.74 Å². The topological polar surface area (TPSA) is 35.5 Å². The Morgan fingerprint density at radius 3 is 3.05 bits per heavy atom. The SMILES string of the molecule is CC(=O)c1ccc(OC2CCOC3(CCSC3)C2)c(F)c1. The van der Waals surface area contributed by atoms with Crippen molar-refractivity contribution in [1.82, 2.24) is 0 Å². The van der Waals surface area contributed by atoms with Crippen molar-refractivity contribution in [2.24, 2.45) is 0 Å². The predicted octanol–water partition coefficient (Wildman–Crippen LogP) is 3.46. The number of benzene rings is 1. The zero-order valence-corrected chi connectivity index (χ0v) is 12.9. The van der Waals surface area contributed by atoms with Crippen molar-refractivity contribution >= 4 is 17.5 Å². The van der Waals surface area contributed by atoms with Crippen LogP contribution in [0, 0.1) is 5.82 Å². The number of thioether (sulfide) groups is 1. The fourth-order valence-corrected chi connectivity index (χ4v) is 4.32. The van der Waals surface area contributed by atoms with E-state index in [9.17, 15) is 9.18 Å². The number of carbonyl (C=O) groups is 1. The second-order valence-corrected chi connectivity index (χ2v) is 6.87. The first kappa shape index (κ1) is 14.9. The third-order valence-electron chi connectivity index (χ3n) is 4.15. The van der Waals surface area contributed by atoms with Crippen LogP contribution in [-0.4, -0.2) is 35.6 Å². The third kappa shape index (κ3) is 3.24. The number of hydrogen-bond donors (Lipinski definition) is 0. The molecule has 1 spiro atoms. The predicted molar refractivity (Wildman–Crippen MR) is 80.7 cm³/mol. The van der Waals surface area contributed by atoms with Crippen LogP contribution in [0.15, 0.2) is 18.2 Å². The molecule has 0 N–H and O–H groups in total. The van der Waals surface area contributed by atoms with E-state index in [0.717, 1.165) is 30.8 Å². The van der Waals surface area contributed by atoms with Crippen LogP contribution in [0.2, 0.25) is 0 Å². The first-order valence-corrected chi connectivity index (χ1v) is 8.42. The van der Waals surface area contributed by atoms with Crippen LogP contribution in [0.25, 0.3) is 0 Å². The van der Waals surface area contributed by atoms with Gasteiger partial charge in [-0.3, -0.25) is 4.79 Å². The van der Waals surface area contributed by atoms with Crippen LogP contribution in [0.5, 0.6) is 5.75 Å². The molecular formula is C16H19FO3S. The Kier molecular flexibility index (Phi) is 4.22. The molecule has 2 aliphatic rings. The molecule has 5 heteroatoms. The molecule has 2 saturated heterocycles. The number of rotatable bonds is 3. The normalized spacial score (nSPS) is 28.8. The molecule has 1 aromatic carbocycles. The van der Waals surface area contributed by atoms with E-state index < -0.39 is 5.82 Å². The van der Waals surface area contributed by atoms with Gasteiger partial charge in [0.1, 0.15) is 6.10 Å². The monoisotopic (exact) mass is 310 g/mol. The van der Waals surface area contributed by atoms with E-state index in [2.05, 4.69) is 0 Å². The fraction of sp³-hybridized carbons (Fsp3) is 0.562. The highest BCUT2D eigenvalue weighted by molar-refractivity contribution is 7.99. The first-order valence-electron chi connectivity index (χ1n) is 7.27. The summed E-state index contributed by atoms with van der Waals surface area (Å²) in [6.45, 7) is 2.09. The van der Waals surface area contributed by atoms with E-state index in [-0.39, 0.29) is 23.2 Å². The van der Waals surface area contributed by atoms with Crippen molar-refractivity contribution in [2.45, 2.75) is 37.9 Å². The van der Waals surface area contributed by atoms with Crippen LogP contribution in [0.4, 0.5) is 4.39 Å². The Labute approximate surface area is 128 Å². The van der Waals surface area contributed by atoms with Gasteiger partial charge in [0, 0.05) is 24.2 Å². The van der Waals surface area contributed by atoms with Gasteiger partial charge >= 0.3 is 0 Å². The second-order valence-electron chi connectivity index (χ2n) is 5.77. The van der Waals surface area contributed by atoms with Crippen molar-refractivity contribution in [3.8, 4) is 5.75 Å². The molecule has 0 amide bonds. The summed E-state index contributed by atoms with van der Waals surface area (Å²) in [6, 6.07) is 4.41. The van der Waals surface area contributed by atoms with E-state index in [0.29, 0.717) is 12.2 Å². The summed E-state index contributed by atoms with van der Waals surface area (Å²) >= 11 is 1.90. The molecule has 2 aliphatic heterocycles. The molecule has 2 atom stereocenters. The average molecular weight is 310 g/mol. The molecule has 21 heavy (non-hydrogen) atoms. The van der Waals surface area contributed by atoms with E-state index in [1.54, 1.807) is 12.1 Å². The summed E-state index contributed by atoms with van der Waals surface area (Å²) < 4.78 is 25.8. The molecule has 2 unspecified atom stereocenters. The van der Waals surface area contributed by atoms with Gasteiger partial charge < -0.3 is 9.47 Å². The Bertz CT molecular complexity index is 540. The molecule has 114 valence electrons. The molecule has 2 fully saturated rings. The summed E-state index contributed by atoms with van der Waals surface area (Å²) in [6.07, 6.45) is 2.62. The largest absolute Gasteiger partial charge is 0.487 e. The standard InChI is InChI=1S/C16H19FO3S/c1-11(18)12-2-3-15(14(17)8-12)20-13-4-6-19-16(9-13)5-7-21-10-16/h2-3,8,13H,4-7,9-10H2,1H3. The van der Waals surface area contributed by atoms with Gasteiger partial charge in [-0.1, -0.05) is 0 Å². The van der Waals surface area contributed by atoms with Gasteiger partial charge in [0.2, 0.25) is 0 Å². The van der Waals surface area contributed by atoms with Gasteiger partial charge in [-0.25, -0.2) is 4.39 Å². The minimum absolute atomic E-state index is 0.0184. The van der Waals surface area contributed by atoms with Gasteiger partial charge in [0.15, 0.2) is 17.3 Å². The highest BCUT2D eigenvalue weighted by Crippen LogP contribution is 2.39. The maximum atomic E-state index is 14.0. The Morgan fingerprint density at radius 1 is 1.52 bits per heavy atom. The molecule has 0 aromatic heterocycles. The van der Waals surface area contributed by atoms with Gasteiger partial charge in [0.05, 0.1) is 12.2 Å². The average Bonchev–Trinajstić information content (AvgIpc) is 2.89. The molecule has 0 bridgehead atoms. The third-order valence-corrected chi connectivity index (χ3v) is 5.37. The Hall–Kier alpha value is -1.07. The van der Waals surface area contributed by atoms with Crippen molar-refractivity contribution in [1.29, 1.82) is 0 Å². The van der Waals surface area contributed by atoms with E-state index in [1.807, 2.05) is 11.8 Å². The minimum Gasteiger partial charge on any atom is -0.487 e. The van der Waals surface area contributed by atoms with E-state index in [1.165, 1.54) is 13.0 Å². The summed E-state index contributed by atoms with van der Waals surface area (Å²) in [4.78, 5) is 11.2. The fourth-order valence-electron chi connectivity index (χ4n) is 2.94. The van der Waals surface area contributed by atoms with Crippen molar-refractivity contribution in [3.05, 3.63) is 29.6 Å². The molecule has 0 saturated carbocycles. The van der Waals surface area contributed by atoms with E-state index >= 15 is 0 Å². The maximum absolute atomic E-state index is 14.0. The minimum atomic E-state index is -0.468. The summed E-state index contributed by atoms with van der Waals surface area (Å²) in [5, 5.41) is 0. The summed E-state index contributed by atoms with van der Waals surface area (Å²) in [5.74, 6) is 1.73. The van der Waals surface area contributed by atoms with Gasteiger partial charge in [-0.15, -0.1) is 0 Å². The highest BCUT2D eigenvalue weighted by Gasteiger charge is 2.41. The molecule has 1 aromatic rings. The number of hydrogen-bond acceptors (Lipinski definition) is 4. The number of Topliss-reactive ketones (excluding diaryl/α,β-unsaturated/α-hetero) is 1. The lowest BCUT2D eigenvalue weighted by molar-refractivity contribution is -0.0964. The number of carbonyl (C=O) groups excluding carboxylic acids is 1. The zero-order chi connectivity index (χ0) is 14.9. The smallest absolute Gasteiger partial charge is 0.165 e. The van der Waals surface area contributed by atoms with Crippen LogP contribution >= 0.6 is 11.8 Å². The highest BCUT2D eigenvalue weighted by atomic mass is 32.2. The zero-order valence-electron chi connectivity index (χ0n) is 12.1. The number of halogens is 1. The lowest BCUT2D eigenvalue weighted by Gasteiger charge is -2.37. The molecule has 0 aliphatic carbocycles. The lowest BCUT2D eigenvalue weighted by Crippen LogP contribution is -2.43. The molecular weight excluding hydrogens is 291 g/mol. The quantitative estimate of drug-likeness (QED) is 0.801. The first-order chi connectivity index (χ1) is 10.1. The van der Waals surface area contributed by atoms with Crippen molar-refractivity contribution in [3.63, 3.8) is 0 Å². The van der Waals surface area contributed by atoms with Crippen molar-refractivity contribution < 1.29 is 18.7 Å². The van der Waals surface area contributed by atoms with Crippen LogP contribution in [-0.2, 0) is 4.74 Å². The molecule has 0 radical (unpaired) electrons. The summed E-state index contributed by atoms with van der Waals surface area (Å²) in [7, 11) is 0. The van der Waals surface area contributed by atoms with Gasteiger partial charge in [-0.2, -0.15) is 11.8 Å². The molecule has 3 rings (SSSR count). The molecule has 2 heterocycles. The number of ether oxygens (including phenoxy) is 2. The maximum Gasteiger partial charge on any atom is 0.165 e.